The van der Waals surface area contributed by atoms with E-state index in [9.17, 15) is 9.18 Å². The zero-order valence-corrected chi connectivity index (χ0v) is 11.2. The van der Waals surface area contributed by atoms with E-state index >= 15 is 0 Å². The van der Waals surface area contributed by atoms with E-state index < -0.39 is 11.7 Å². The summed E-state index contributed by atoms with van der Waals surface area (Å²) in [5.41, 5.74) is -0.146. The van der Waals surface area contributed by atoms with Crippen molar-refractivity contribution < 1.29 is 9.18 Å². The van der Waals surface area contributed by atoms with Crippen molar-refractivity contribution in [3.05, 3.63) is 51.6 Å². The quantitative estimate of drug-likeness (QED) is 0.919. The summed E-state index contributed by atoms with van der Waals surface area (Å²) >= 11 is 8.82. The van der Waals surface area contributed by atoms with Crippen LogP contribution in [0.5, 0.6) is 0 Å². The van der Waals surface area contributed by atoms with Gasteiger partial charge in [0.25, 0.3) is 5.91 Å². The van der Waals surface area contributed by atoms with Gasteiger partial charge in [-0.1, -0.05) is 11.6 Å². The Hall–Kier alpha value is -1.53. The van der Waals surface area contributed by atoms with E-state index in [4.69, 9.17) is 11.6 Å². The number of hydrogen-bond acceptors (Lipinski definition) is 3. The molecule has 1 aromatic carbocycles. The second-order valence-corrected chi connectivity index (χ2v) is 4.55. The minimum Gasteiger partial charge on any atom is -0.305 e. The summed E-state index contributed by atoms with van der Waals surface area (Å²) in [7, 11) is 0. The predicted octanol–water partition coefficient (Wildman–Crippen LogP) is 3.28. The van der Waals surface area contributed by atoms with Crippen molar-refractivity contribution in [3.8, 4) is 0 Å². The van der Waals surface area contributed by atoms with E-state index in [0.717, 1.165) is 6.07 Å². The molecule has 4 nitrogen and oxygen atoms in total. The van der Waals surface area contributed by atoms with Crippen LogP contribution in [0.2, 0.25) is 5.02 Å². The summed E-state index contributed by atoms with van der Waals surface area (Å²) in [6.45, 7) is 0. The molecule has 0 atom stereocenters. The number of amides is 1. The normalized spacial score (nSPS) is 10.2. The third-order valence-electron chi connectivity index (χ3n) is 2.03. The van der Waals surface area contributed by atoms with Crippen LogP contribution < -0.4 is 5.32 Å². The molecule has 7 heteroatoms. The highest BCUT2D eigenvalue weighted by molar-refractivity contribution is 9.10. The second-order valence-electron chi connectivity index (χ2n) is 3.30. The highest BCUT2D eigenvalue weighted by Crippen LogP contribution is 2.16. The van der Waals surface area contributed by atoms with Crippen molar-refractivity contribution in [1.29, 1.82) is 0 Å². The zero-order valence-electron chi connectivity index (χ0n) is 8.82. The summed E-state index contributed by atoms with van der Waals surface area (Å²) in [6.07, 6.45) is 2.77. The molecule has 2 aromatic rings. The average molecular weight is 331 g/mol. The SMILES string of the molecule is O=C(Nc1cnc(Br)cn1)c1cc(Cl)ccc1F. The molecule has 0 aliphatic carbocycles. The predicted molar refractivity (Wildman–Crippen MR) is 69.1 cm³/mol. The van der Waals surface area contributed by atoms with Crippen molar-refractivity contribution in [2.24, 2.45) is 0 Å². The molecule has 0 fully saturated rings. The first kappa shape index (κ1) is 12.9. The van der Waals surface area contributed by atoms with Crippen LogP contribution in [0.3, 0.4) is 0 Å². The fourth-order valence-electron chi connectivity index (χ4n) is 1.23. The fourth-order valence-corrected chi connectivity index (χ4v) is 1.61. The summed E-state index contributed by atoms with van der Waals surface area (Å²) in [5.74, 6) is -1.06. The average Bonchev–Trinajstić information content (AvgIpc) is 2.35. The molecule has 0 unspecified atom stereocenters. The van der Waals surface area contributed by atoms with Crippen molar-refractivity contribution in [1.82, 2.24) is 9.97 Å². The lowest BCUT2D eigenvalue weighted by Crippen LogP contribution is -2.14. The molecule has 92 valence electrons. The van der Waals surface area contributed by atoms with Crippen molar-refractivity contribution in [3.63, 3.8) is 0 Å². The lowest BCUT2D eigenvalue weighted by molar-refractivity contribution is 0.102. The van der Waals surface area contributed by atoms with Crippen LogP contribution >= 0.6 is 27.5 Å². The van der Waals surface area contributed by atoms with Gasteiger partial charge in [-0.25, -0.2) is 14.4 Å². The standard InChI is InChI=1S/C11H6BrClFN3O/c12-9-4-16-10(5-15-9)17-11(18)7-3-6(13)1-2-8(7)14/h1-5H,(H,16,17,18). The maximum Gasteiger partial charge on any atom is 0.259 e. The number of anilines is 1. The summed E-state index contributed by atoms with van der Waals surface area (Å²) in [5, 5.41) is 2.70. The largest absolute Gasteiger partial charge is 0.305 e. The van der Waals surface area contributed by atoms with E-state index in [1.807, 2.05) is 0 Å². The van der Waals surface area contributed by atoms with Gasteiger partial charge in [0.05, 0.1) is 18.0 Å². The Labute approximate surface area is 115 Å². The van der Waals surface area contributed by atoms with Crippen LogP contribution in [-0.2, 0) is 0 Å². The first-order valence-corrected chi connectivity index (χ1v) is 5.97. The van der Waals surface area contributed by atoms with Gasteiger partial charge in [-0.3, -0.25) is 4.79 Å². The molecule has 1 amide bonds. The lowest BCUT2D eigenvalue weighted by atomic mass is 10.2. The maximum atomic E-state index is 13.4. The lowest BCUT2D eigenvalue weighted by Gasteiger charge is -2.05. The number of rotatable bonds is 2. The molecule has 1 heterocycles. The van der Waals surface area contributed by atoms with Gasteiger partial charge in [-0.05, 0) is 34.1 Å². The monoisotopic (exact) mass is 329 g/mol. The first-order valence-electron chi connectivity index (χ1n) is 4.80. The maximum absolute atomic E-state index is 13.4. The Kier molecular flexibility index (Phi) is 3.88. The van der Waals surface area contributed by atoms with Gasteiger partial charge in [0.1, 0.15) is 10.4 Å². The van der Waals surface area contributed by atoms with Crippen molar-refractivity contribution in [2.75, 3.05) is 5.32 Å². The van der Waals surface area contributed by atoms with E-state index in [-0.39, 0.29) is 16.4 Å². The third-order valence-corrected chi connectivity index (χ3v) is 2.68. The van der Waals surface area contributed by atoms with Gasteiger partial charge < -0.3 is 5.32 Å². The highest BCUT2D eigenvalue weighted by atomic mass is 79.9. The zero-order chi connectivity index (χ0) is 13.1. The molecule has 0 spiro atoms. The van der Waals surface area contributed by atoms with Crippen LogP contribution in [0.4, 0.5) is 10.2 Å². The van der Waals surface area contributed by atoms with E-state index in [2.05, 4.69) is 31.2 Å². The first-order chi connectivity index (χ1) is 8.56. The van der Waals surface area contributed by atoms with Gasteiger partial charge in [0.15, 0.2) is 5.82 Å². The molecular weight excluding hydrogens is 324 g/mol. The van der Waals surface area contributed by atoms with Gasteiger partial charge >= 0.3 is 0 Å². The Morgan fingerprint density at radius 1 is 1.33 bits per heavy atom. The summed E-state index contributed by atoms with van der Waals surface area (Å²) < 4.78 is 14.0. The van der Waals surface area contributed by atoms with Gasteiger partial charge in [0, 0.05) is 5.02 Å². The smallest absolute Gasteiger partial charge is 0.259 e. The van der Waals surface area contributed by atoms with E-state index in [0.29, 0.717) is 4.60 Å². The van der Waals surface area contributed by atoms with Crippen molar-refractivity contribution >= 4 is 39.3 Å². The fraction of sp³-hybridized carbons (Fsp3) is 0. The number of nitrogens with zero attached hydrogens (tertiary/aromatic N) is 2. The molecule has 0 aliphatic heterocycles. The van der Waals surface area contributed by atoms with Gasteiger partial charge in [0.2, 0.25) is 0 Å². The number of benzene rings is 1. The summed E-state index contributed by atoms with van der Waals surface area (Å²) in [4.78, 5) is 19.6. The Morgan fingerprint density at radius 2 is 2.11 bits per heavy atom. The molecular formula is C11H6BrClFN3O. The van der Waals surface area contributed by atoms with Crippen LogP contribution in [0.25, 0.3) is 0 Å². The van der Waals surface area contributed by atoms with Crippen LogP contribution in [0, 0.1) is 5.82 Å². The molecule has 0 radical (unpaired) electrons. The second kappa shape index (κ2) is 5.41. The van der Waals surface area contributed by atoms with Crippen molar-refractivity contribution in [2.45, 2.75) is 0 Å². The minimum atomic E-state index is -0.651. The number of nitrogens with one attached hydrogen (secondary N) is 1. The van der Waals surface area contributed by atoms with E-state index in [1.165, 1.54) is 24.5 Å². The molecule has 0 saturated carbocycles. The third kappa shape index (κ3) is 3.02. The molecule has 0 bridgehead atoms. The number of carbonyl (C=O) groups excluding carboxylic acids is 1. The molecule has 18 heavy (non-hydrogen) atoms. The number of aromatic nitrogens is 2. The topological polar surface area (TPSA) is 54.9 Å². The van der Waals surface area contributed by atoms with Crippen LogP contribution in [0.1, 0.15) is 10.4 Å². The van der Waals surface area contributed by atoms with E-state index in [1.54, 1.807) is 0 Å². The molecule has 0 aliphatic rings. The summed E-state index contributed by atoms with van der Waals surface area (Å²) in [6, 6.07) is 3.75. The van der Waals surface area contributed by atoms with Gasteiger partial charge in [-0.15, -0.1) is 0 Å². The van der Waals surface area contributed by atoms with Crippen LogP contribution in [0.15, 0.2) is 35.2 Å². The Bertz CT molecular complexity index is 591. The molecule has 1 aromatic heterocycles. The highest BCUT2D eigenvalue weighted by Gasteiger charge is 2.13. The number of hydrogen-bond donors (Lipinski definition) is 1. The minimum absolute atomic E-state index is 0.146. The number of carbonyl (C=O) groups is 1. The molecule has 0 saturated heterocycles. The molecule has 1 N–H and O–H groups in total. The number of halogens is 3. The van der Waals surface area contributed by atoms with Gasteiger partial charge in [-0.2, -0.15) is 0 Å². The Morgan fingerprint density at radius 3 is 2.78 bits per heavy atom. The molecule has 2 rings (SSSR count). The Balaban J connectivity index is 2.21. The van der Waals surface area contributed by atoms with Crippen LogP contribution in [-0.4, -0.2) is 15.9 Å².